The highest BCUT2D eigenvalue weighted by atomic mass is 16.6. The van der Waals surface area contributed by atoms with Crippen LogP contribution in [0, 0.1) is 0 Å². The molecule has 1 aromatic heterocycles. The van der Waals surface area contributed by atoms with Crippen molar-refractivity contribution in [3.63, 3.8) is 0 Å². The first-order valence-corrected chi connectivity index (χ1v) is 9.48. The molecule has 2 N–H and O–H groups in total. The van der Waals surface area contributed by atoms with Gasteiger partial charge in [0.1, 0.15) is 13.2 Å². The standard InChI is InChI=1S/C22H22N4O3/c1-14(2)15-3-5-17(6-4-15)26-22-23-12-16(13-24-22)21(27)25-18-7-8-19-20(11-18)29-10-9-28-19/h3-8,11-14H,9-10H2,1-2H3,(H,25,27)(H,23,24,26). The van der Waals surface area contributed by atoms with Crippen LogP contribution in [0.3, 0.4) is 0 Å². The molecular formula is C22H22N4O3. The van der Waals surface area contributed by atoms with E-state index in [9.17, 15) is 4.79 Å². The number of ether oxygens (including phenoxy) is 2. The lowest BCUT2D eigenvalue weighted by Gasteiger charge is -2.19. The third-order valence-corrected chi connectivity index (χ3v) is 4.55. The van der Waals surface area contributed by atoms with Crippen LogP contribution in [0.25, 0.3) is 0 Å². The first-order valence-electron chi connectivity index (χ1n) is 9.48. The van der Waals surface area contributed by atoms with Crippen LogP contribution < -0.4 is 20.1 Å². The van der Waals surface area contributed by atoms with Crippen molar-refractivity contribution in [3.8, 4) is 11.5 Å². The van der Waals surface area contributed by atoms with Gasteiger partial charge in [-0.3, -0.25) is 4.79 Å². The SMILES string of the molecule is CC(C)c1ccc(Nc2ncc(C(=O)Nc3ccc4c(c3)OCCO4)cn2)cc1. The van der Waals surface area contributed by atoms with Crippen molar-refractivity contribution in [1.82, 2.24) is 9.97 Å². The van der Waals surface area contributed by atoms with E-state index in [1.807, 2.05) is 12.1 Å². The Morgan fingerprint density at radius 2 is 1.59 bits per heavy atom. The molecule has 0 spiro atoms. The van der Waals surface area contributed by atoms with E-state index in [4.69, 9.17) is 9.47 Å². The maximum atomic E-state index is 12.5. The summed E-state index contributed by atoms with van der Waals surface area (Å²) in [5, 5.41) is 5.96. The van der Waals surface area contributed by atoms with E-state index >= 15 is 0 Å². The van der Waals surface area contributed by atoms with Gasteiger partial charge in [-0.1, -0.05) is 26.0 Å². The molecule has 0 saturated carbocycles. The van der Waals surface area contributed by atoms with Crippen molar-refractivity contribution in [2.45, 2.75) is 19.8 Å². The number of hydrogen-bond donors (Lipinski definition) is 2. The summed E-state index contributed by atoms with van der Waals surface area (Å²) in [5.74, 6) is 1.91. The maximum absolute atomic E-state index is 12.5. The summed E-state index contributed by atoms with van der Waals surface area (Å²) in [5.41, 5.74) is 3.14. The second kappa shape index (κ2) is 8.18. The molecule has 0 aliphatic carbocycles. The van der Waals surface area contributed by atoms with Crippen molar-refractivity contribution in [2.24, 2.45) is 0 Å². The molecule has 0 saturated heterocycles. The molecule has 2 aromatic carbocycles. The second-order valence-electron chi connectivity index (χ2n) is 7.01. The van der Waals surface area contributed by atoms with E-state index in [1.165, 1.54) is 18.0 Å². The molecule has 4 rings (SSSR count). The molecule has 0 unspecified atom stereocenters. The summed E-state index contributed by atoms with van der Waals surface area (Å²) in [7, 11) is 0. The van der Waals surface area contributed by atoms with Gasteiger partial charge in [0.2, 0.25) is 5.95 Å². The molecule has 1 aliphatic rings. The van der Waals surface area contributed by atoms with Gasteiger partial charge in [0, 0.05) is 29.8 Å². The molecule has 7 heteroatoms. The number of fused-ring (bicyclic) bond motifs is 1. The normalized spacial score (nSPS) is 12.5. The Labute approximate surface area is 169 Å². The highest BCUT2D eigenvalue weighted by molar-refractivity contribution is 6.04. The van der Waals surface area contributed by atoms with Crippen LogP contribution in [0.2, 0.25) is 0 Å². The van der Waals surface area contributed by atoms with E-state index in [-0.39, 0.29) is 5.91 Å². The molecule has 0 atom stereocenters. The van der Waals surface area contributed by atoms with Crippen LogP contribution in [-0.2, 0) is 0 Å². The lowest BCUT2D eigenvalue weighted by atomic mass is 10.0. The molecule has 1 amide bonds. The van der Waals surface area contributed by atoms with E-state index in [2.05, 4.69) is 46.6 Å². The first-order chi connectivity index (χ1) is 14.1. The number of amides is 1. The van der Waals surface area contributed by atoms with Crippen molar-refractivity contribution in [2.75, 3.05) is 23.8 Å². The van der Waals surface area contributed by atoms with Crippen molar-refractivity contribution < 1.29 is 14.3 Å². The molecule has 0 radical (unpaired) electrons. The van der Waals surface area contributed by atoms with Gasteiger partial charge in [-0.15, -0.1) is 0 Å². The van der Waals surface area contributed by atoms with Crippen molar-refractivity contribution in [1.29, 1.82) is 0 Å². The van der Waals surface area contributed by atoms with Crippen LogP contribution in [-0.4, -0.2) is 29.1 Å². The minimum Gasteiger partial charge on any atom is -0.486 e. The molecule has 0 bridgehead atoms. The van der Waals surface area contributed by atoms with Crippen molar-refractivity contribution in [3.05, 3.63) is 66.0 Å². The van der Waals surface area contributed by atoms with Crippen LogP contribution in [0.5, 0.6) is 11.5 Å². The number of carbonyl (C=O) groups is 1. The number of rotatable bonds is 5. The Kier molecular flexibility index (Phi) is 5.29. The fourth-order valence-electron chi connectivity index (χ4n) is 2.91. The fourth-order valence-corrected chi connectivity index (χ4v) is 2.91. The number of nitrogens with one attached hydrogen (secondary N) is 2. The third kappa shape index (κ3) is 4.45. The zero-order valence-corrected chi connectivity index (χ0v) is 16.3. The summed E-state index contributed by atoms with van der Waals surface area (Å²) in [6, 6.07) is 13.4. The van der Waals surface area contributed by atoms with Gasteiger partial charge in [0.05, 0.1) is 5.56 Å². The van der Waals surface area contributed by atoms with E-state index in [0.717, 1.165) is 5.69 Å². The number of carbonyl (C=O) groups excluding carboxylic acids is 1. The lowest BCUT2D eigenvalue weighted by Crippen LogP contribution is -2.16. The average Bonchev–Trinajstić information content (AvgIpc) is 2.74. The van der Waals surface area contributed by atoms with Gasteiger partial charge in [0.25, 0.3) is 5.91 Å². The number of anilines is 3. The summed E-state index contributed by atoms with van der Waals surface area (Å²) >= 11 is 0. The minimum atomic E-state index is -0.297. The van der Waals surface area contributed by atoms with E-state index in [0.29, 0.717) is 47.8 Å². The summed E-state index contributed by atoms with van der Waals surface area (Å²) in [6.07, 6.45) is 2.98. The zero-order valence-electron chi connectivity index (χ0n) is 16.3. The predicted molar refractivity (Wildman–Crippen MR) is 111 cm³/mol. The number of nitrogens with zero attached hydrogens (tertiary/aromatic N) is 2. The molecule has 29 heavy (non-hydrogen) atoms. The Hall–Kier alpha value is -3.61. The molecular weight excluding hydrogens is 368 g/mol. The van der Waals surface area contributed by atoms with E-state index in [1.54, 1.807) is 18.2 Å². The summed E-state index contributed by atoms with van der Waals surface area (Å²) < 4.78 is 11.0. The zero-order chi connectivity index (χ0) is 20.2. The number of aromatic nitrogens is 2. The third-order valence-electron chi connectivity index (χ3n) is 4.55. The summed E-state index contributed by atoms with van der Waals surface area (Å²) in [4.78, 5) is 20.9. The van der Waals surface area contributed by atoms with Crippen LogP contribution in [0.15, 0.2) is 54.9 Å². The average molecular weight is 390 g/mol. The van der Waals surface area contributed by atoms with Crippen LogP contribution in [0.1, 0.15) is 35.7 Å². The lowest BCUT2D eigenvalue weighted by molar-refractivity contribution is 0.102. The molecule has 1 aliphatic heterocycles. The Balaban J connectivity index is 1.40. The Morgan fingerprint density at radius 1 is 0.931 bits per heavy atom. The highest BCUT2D eigenvalue weighted by Crippen LogP contribution is 2.32. The van der Waals surface area contributed by atoms with Crippen LogP contribution >= 0.6 is 0 Å². The van der Waals surface area contributed by atoms with Gasteiger partial charge in [-0.2, -0.15) is 0 Å². The molecule has 2 heterocycles. The molecule has 3 aromatic rings. The number of benzene rings is 2. The summed E-state index contributed by atoms with van der Waals surface area (Å²) in [6.45, 7) is 5.33. The second-order valence-corrected chi connectivity index (χ2v) is 7.01. The van der Waals surface area contributed by atoms with Gasteiger partial charge in [-0.05, 0) is 35.7 Å². The number of hydrogen-bond acceptors (Lipinski definition) is 6. The van der Waals surface area contributed by atoms with Gasteiger partial charge >= 0.3 is 0 Å². The largest absolute Gasteiger partial charge is 0.486 e. The van der Waals surface area contributed by atoms with Gasteiger partial charge < -0.3 is 20.1 Å². The quantitative estimate of drug-likeness (QED) is 0.673. The molecule has 148 valence electrons. The topological polar surface area (TPSA) is 85.4 Å². The highest BCUT2D eigenvalue weighted by Gasteiger charge is 2.14. The predicted octanol–water partition coefficient (Wildman–Crippen LogP) is 4.37. The van der Waals surface area contributed by atoms with Crippen LogP contribution in [0.4, 0.5) is 17.3 Å². The Morgan fingerprint density at radius 3 is 2.28 bits per heavy atom. The minimum absolute atomic E-state index is 0.297. The maximum Gasteiger partial charge on any atom is 0.258 e. The van der Waals surface area contributed by atoms with Gasteiger partial charge in [0.15, 0.2) is 11.5 Å². The van der Waals surface area contributed by atoms with Crippen molar-refractivity contribution >= 4 is 23.2 Å². The van der Waals surface area contributed by atoms with Gasteiger partial charge in [-0.25, -0.2) is 9.97 Å². The first kappa shape index (κ1) is 18.7. The van der Waals surface area contributed by atoms with E-state index < -0.39 is 0 Å². The fraction of sp³-hybridized carbons (Fsp3) is 0.227. The Bertz CT molecular complexity index is 1000. The molecule has 0 fully saturated rings. The monoisotopic (exact) mass is 390 g/mol. The molecule has 7 nitrogen and oxygen atoms in total. The smallest absolute Gasteiger partial charge is 0.258 e.